The van der Waals surface area contributed by atoms with E-state index in [2.05, 4.69) is 4.99 Å². The fourth-order valence-corrected chi connectivity index (χ4v) is 1.61. The molecule has 0 saturated heterocycles. The molecule has 0 unspecified atom stereocenters. The lowest BCUT2D eigenvalue weighted by Crippen LogP contribution is -2.00. The maximum absolute atomic E-state index is 10.8. The number of methoxy groups -OCH3 is 1. The van der Waals surface area contributed by atoms with Gasteiger partial charge in [0.1, 0.15) is 11.5 Å². The monoisotopic (exact) mass is 289 g/mol. The Kier molecular flexibility index (Phi) is 6.07. The van der Waals surface area contributed by atoms with Crippen LogP contribution in [0.3, 0.4) is 0 Å². The van der Waals surface area contributed by atoms with Crippen LogP contribution in [0.4, 0.5) is 10.4 Å². The summed E-state index contributed by atoms with van der Waals surface area (Å²) in [5.74, 6) is 0.994. The average Bonchev–Trinajstić information content (AvgIpc) is 2.46. The third kappa shape index (κ3) is 5.06. The maximum atomic E-state index is 10.8. The molecule has 0 spiro atoms. The third-order valence-corrected chi connectivity index (χ3v) is 2.58. The molecule has 0 N–H and O–H groups in total. The van der Waals surface area contributed by atoms with E-state index in [0.29, 0.717) is 5.75 Å². The first-order chi connectivity index (χ1) is 9.67. The molecule has 4 nitrogen and oxygen atoms in total. The Labute approximate surface area is 122 Å². The normalized spacial score (nSPS) is 10.0. The zero-order valence-corrected chi connectivity index (χ0v) is 11.8. The van der Waals surface area contributed by atoms with Crippen molar-refractivity contribution in [1.29, 1.82) is 0 Å². The van der Waals surface area contributed by atoms with Crippen LogP contribution >= 0.6 is 0 Å². The lowest BCUT2D eigenvalue weighted by Gasteiger charge is -2.01. The summed E-state index contributed by atoms with van der Waals surface area (Å²) in [6.45, 7) is 1.37. The van der Waals surface area contributed by atoms with Crippen LogP contribution in [0, 0.1) is 0 Å². The third-order valence-electron chi connectivity index (χ3n) is 2.58. The molecule has 2 rings (SSSR count). The molecule has 0 fully saturated rings. The lowest BCUT2D eigenvalue weighted by atomic mass is 10.2. The highest BCUT2D eigenvalue weighted by Crippen LogP contribution is 2.18. The highest BCUT2D eigenvalue weighted by atomic mass is 19.0. The van der Waals surface area contributed by atoms with E-state index >= 15 is 0 Å². The second-order valence-electron chi connectivity index (χ2n) is 4.12. The van der Waals surface area contributed by atoms with Crippen molar-refractivity contribution in [2.75, 3.05) is 7.11 Å². The van der Waals surface area contributed by atoms with Crippen molar-refractivity contribution in [2.45, 2.75) is 6.92 Å². The summed E-state index contributed by atoms with van der Waals surface area (Å²) in [7, 11) is 1.63. The van der Waals surface area contributed by atoms with Crippen LogP contribution < -0.4 is 9.47 Å². The number of esters is 1. The number of hydrogen-bond donors (Lipinski definition) is 0. The number of rotatable bonds is 4. The first-order valence-electron chi connectivity index (χ1n) is 6.14. The Balaban J connectivity index is 0.00000220. The Morgan fingerprint density at radius 2 is 1.57 bits per heavy atom. The standard InChI is InChI=1S/C16H15NO3.FH/c1-12(18)20-16-9-5-14(6-10-16)17-11-13-3-7-15(19-2)8-4-13;/h3-11H,1-2H3;1H. The first kappa shape index (κ1) is 16.4. The van der Waals surface area contributed by atoms with Gasteiger partial charge in [0.15, 0.2) is 0 Å². The number of aliphatic imine (C=N–C) groups is 1. The van der Waals surface area contributed by atoms with Crippen LogP contribution in [0.5, 0.6) is 11.5 Å². The van der Waals surface area contributed by atoms with Crippen LogP contribution in [-0.2, 0) is 4.79 Å². The predicted molar refractivity (Wildman–Crippen MR) is 80.5 cm³/mol. The molecule has 5 heteroatoms. The number of nitrogens with zero attached hydrogens (tertiary/aromatic N) is 1. The summed E-state index contributed by atoms with van der Waals surface area (Å²) in [5, 5.41) is 0. The van der Waals surface area contributed by atoms with Crippen LogP contribution in [0.25, 0.3) is 0 Å². The zero-order valence-electron chi connectivity index (χ0n) is 11.8. The van der Waals surface area contributed by atoms with E-state index in [1.807, 2.05) is 24.3 Å². The number of benzene rings is 2. The van der Waals surface area contributed by atoms with Crippen molar-refractivity contribution in [3.8, 4) is 11.5 Å². The second kappa shape index (κ2) is 7.79. The van der Waals surface area contributed by atoms with Gasteiger partial charge in [-0.3, -0.25) is 14.5 Å². The minimum Gasteiger partial charge on any atom is -0.497 e. The van der Waals surface area contributed by atoms with Gasteiger partial charge >= 0.3 is 5.97 Å². The van der Waals surface area contributed by atoms with E-state index in [1.165, 1.54) is 6.92 Å². The van der Waals surface area contributed by atoms with Gasteiger partial charge in [-0.25, -0.2) is 0 Å². The van der Waals surface area contributed by atoms with Gasteiger partial charge in [-0.15, -0.1) is 0 Å². The molecule has 0 saturated carbocycles. The highest BCUT2D eigenvalue weighted by Gasteiger charge is 1.97. The largest absolute Gasteiger partial charge is 0.497 e. The van der Waals surface area contributed by atoms with Crippen molar-refractivity contribution >= 4 is 17.9 Å². The van der Waals surface area contributed by atoms with Crippen LogP contribution in [0.1, 0.15) is 12.5 Å². The number of carbonyl (C=O) groups is 1. The molecule has 0 aliphatic carbocycles. The number of carbonyl (C=O) groups excluding carboxylic acids is 1. The second-order valence-corrected chi connectivity index (χ2v) is 4.12. The Hall–Kier alpha value is -2.69. The van der Waals surface area contributed by atoms with Gasteiger partial charge in [-0.1, -0.05) is 0 Å². The van der Waals surface area contributed by atoms with Gasteiger partial charge < -0.3 is 9.47 Å². The SMILES string of the molecule is COc1ccc(C=Nc2ccc(OC(C)=O)cc2)cc1.F. The van der Waals surface area contributed by atoms with E-state index in [-0.39, 0.29) is 10.7 Å². The molecule has 0 radical (unpaired) electrons. The average molecular weight is 289 g/mol. The summed E-state index contributed by atoms with van der Waals surface area (Å²) in [4.78, 5) is 15.1. The minimum absolute atomic E-state index is 0. The molecule has 2 aromatic rings. The van der Waals surface area contributed by atoms with Crippen LogP contribution in [-0.4, -0.2) is 19.3 Å². The molecule has 110 valence electrons. The number of hydrogen-bond acceptors (Lipinski definition) is 4. The van der Waals surface area contributed by atoms with E-state index in [0.717, 1.165) is 17.0 Å². The molecule has 21 heavy (non-hydrogen) atoms. The van der Waals surface area contributed by atoms with Crippen molar-refractivity contribution in [1.82, 2.24) is 0 Å². The van der Waals surface area contributed by atoms with E-state index < -0.39 is 0 Å². The quantitative estimate of drug-likeness (QED) is 0.491. The number of ether oxygens (including phenoxy) is 2. The highest BCUT2D eigenvalue weighted by molar-refractivity contribution is 5.82. The molecular formula is C16H16FNO3. The van der Waals surface area contributed by atoms with Crippen LogP contribution in [0.15, 0.2) is 53.5 Å². The smallest absolute Gasteiger partial charge is 0.308 e. The molecule has 0 aromatic heterocycles. The first-order valence-corrected chi connectivity index (χ1v) is 6.14. The fraction of sp³-hybridized carbons (Fsp3) is 0.125. The fourth-order valence-electron chi connectivity index (χ4n) is 1.61. The van der Waals surface area contributed by atoms with Crippen molar-refractivity contribution in [3.63, 3.8) is 0 Å². The van der Waals surface area contributed by atoms with E-state index in [9.17, 15) is 4.79 Å². The predicted octanol–water partition coefficient (Wildman–Crippen LogP) is 3.52. The molecule has 0 aliphatic rings. The van der Waals surface area contributed by atoms with Crippen molar-refractivity contribution in [3.05, 3.63) is 54.1 Å². The number of halogens is 1. The van der Waals surface area contributed by atoms with Crippen LogP contribution in [0.2, 0.25) is 0 Å². The minimum atomic E-state index is -0.334. The Morgan fingerprint density at radius 1 is 1.00 bits per heavy atom. The lowest BCUT2D eigenvalue weighted by molar-refractivity contribution is -0.131. The van der Waals surface area contributed by atoms with Gasteiger partial charge in [0.2, 0.25) is 0 Å². The van der Waals surface area contributed by atoms with Crippen molar-refractivity contribution < 1.29 is 19.0 Å². The zero-order chi connectivity index (χ0) is 14.4. The van der Waals surface area contributed by atoms with Gasteiger partial charge in [0.25, 0.3) is 0 Å². The molecule has 0 amide bonds. The van der Waals surface area contributed by atoms with Gasteiger partial charge in [-0.05, 0) is 54.1 Å². The topological polar surface area (TPSA) is 47.9 Å². The molecule has 0 atom stereocenters. The molecule has 2 aromatic carbocycles. The summed E-state index contributed by atoms with van der Waals surface area (Å²) in [6, 6.07) is 14.6. The molecule has 0 aliphatic heterocycles. The van der Waals surface area contributed by atoms with Crippen molar-refractivity contribution in [2.24, 2.45) is 4.99 Å². The molecular weight excluding hydrogens is 273 g/mol. The van der Waals surface area contributed by atoms with E-state index in [4.69, 9.17) is 9.47 Å². The maximum Gasteiger partial charge on any atom is 0.308 e. The summed E-state index contributed by atoms with van der Waals surface area (Å²) in [6.07, 6.45) is 1.76. The summed E-state index contributed by atoms with van der Waals surface area (Å²) in [5.41, 5.74) is 1.77. The Bertz CT molecular complexity index is 606. The Morgan fingerprint density at radius 3 is 2.10 bits per heavy atom. The van der Waals surface area contributed by atoms with Gasteiger partial charge in [-0.2, -0.15) is 0 Å². The molecule has 0 bridgehead atoms. The summed E-state index contributed by atoms with van der Waals surface area (Å²) < 4.78 is 10.0. The van der Waals surface area contributed by atoms with E-state index in [1.54, 1.807) is 37.6 Å². The van der Waals surface area contributed by atoms with Gasteiger partial charge in [0.05, 0.1) is 12.8 Å². The summed E-state index contributed by atoms with van der Waals surface area (Å²) >= 11 is 0. The molecule has 0 heterocycles. The van der Waals surface area contributed by atoms with Gasteiger partial charge in [0, 0.05) is 13.1 Å².